The molecule has 0 atom stereocenters. The van der Waals surface area contributed by atoms with Crippen molar-refractivity contribution in [3.8, 4) is 33.4 Å². The van der Waals surface area contributed by atoms with Crippen LogP contribution < -0.4 is 4.90 Å². The molecule has 6 heterocycles. The molecule has 0 radical (unpaired) electrons. The summed E-state index contributed by atoms with van der Waals surface area (Å²) in [7, 11) is 0. The zero-order valence-electron chi connectivity index (χ0n) is 43.8. The highest BCUT2D eigenvalue weighted by molar-refractivity contribution is 6.30. The molecule has 0 N–H and O–H groups in total. The van der Waals surface area contributed by atoms with Gasteiger partial charge in [-0.3, -0.25) is 0 Å². The van der Waals surface area contributed by atoms with Crippen molar-refractivity contribution in [1.82, 2.24) is 15.0 Å². The Morgan fingerprint density at radius 1 is 0.207 bits per heavy atom. The molecule has 0 saturated carbocycles. The van der Waals surface area contributed by atoms with E-state index >= 15 is 0 Å². The molecular formula is C75H42N4O3. The van der Waals surface area contributed by atoms with Crippen molar-refractivity contribution >= 4 is 148 Å². The maximum absolute atomic E-state index is 6.97. The van der Waals surface area contributed by atoms with E-state index in [1.807, 2.05) is 0 Å². The van der Waals surface area contributed by atoms with Gasteiger partial charge in [0.1, 0.15) is 33.5 Å². The molecule has 0 unspecified atom stereocenters. The summed E-state index contributed by atoms with van der Waals surface area (Å²) in [5.41, 5.74) is 19.3. The standard InChI is InChI=1S/C75H42N4O3/c1-10-28-52-43(19-1)70-55(76-52)37-40-64-73(70)67(49-25-7-16-34-61(49)80-64)46-22-4-13-31-58(46)79(59-32-14-5-23-47(59)68-50-26-8-17-35-62(50)81-65-41-38-56-71(74(65)68)44-20-2-11-29-53(44)77-56)60-33-15-6-24-48(60)69-51-27-9-18-36-63(51)82-66-42-39-57-72(75(66)69)45-21-3-12-30-54(45)78-57/h1-42H. The van der Waals surface area contributed by atoms with Gasteiger partial charge in [-0.15, -0.1) is 0 Å². The monoisotopic (exact) mass is 1050 g/mol. The number of rotatable bonds is 6. The maximum atomic E-state index is 6.97. The highest BCUT2D eigenvalue weighted by Gasteiger charge is 2.30. The fraction of sp³-hybridized carbons (Fsp3) is 0. The summed E-state index contributed by atoms with van der Waals surface area (Å²) in [4.78, 5) is 18.2. The zero-order chi connectivity index (χ0) is 53.6. The fourth-order valence-electron chi connectivity index (χ4n) is 13.5. The molecule has 6 aromatic heterocycles. The van der Waals surface area contributed by atoms with Crippen molar-refractivity contribution < 1.29 is 13.3 Å². The normalized spacial score (nSPS) is 12.1. The molecule has 0 spiro atoms. The van der Waals surface area contributed by atoms with Crippen LogP contribution in [0.25, 0.3) is 165 Å². The summed E-state index contributed by atoms with van der Waals surface area (Å²) in [5, 5.41) is 12.3. The van der Waals surface area contributed by atoms with Crippen LogP contribution in [0.1, 0.15) is 0 Å². The van der Waals surface area contributed by atoms with Gasteiger partial charge in [-0.1, -0.05) is 164 Å². The van der Waals surface area contributed by atoms with Crippen LogP contribution in [0.5, 0.6) is 0 Å². The minimum atomic E-state index is 0.776. The molecular weight excluding hydrogens is 1000 g/mol. The predicted octanol–water partition coefficient (Wildman–Crippen LogP) is 21.0. The minimum Gasteiger partial charge on any atom is -0.456 e. The Bertz CT molecular complexity index is 5190. The number of nitrogens with zero attached hydrogens (tertiary/aromatic N) is 4. The van der Waals surface area contributed by atoms with E-state index < -0.39 is 0 Å². The van der Waals surface area contributed by atoms with Gasteiger partial charge in [-0.2, -0.15) is 0 Å². The molecule has 82 heavy (non-hydrogen) atoms. The lowest BCUT2D eigenvalue weighted by Gasteiger charge is -2.32. The highest BCUT2D eigenvalue weighted by Crippen LogP contribution is 2.55. The lowest BCUT2D eigenvalue weighted by Crippen LogP contribution is -2.14. The van der Waals surface area contributed by atoms with Gasteiger partial charge < -0.3 is 18.2 Å². The SMILES string of the molecule is c1ccc(N(c2ccccc2-c2c3ccccc3oc3ccc4nc5ccccc5c4c23)c2ccccc2-c2c3ccccc3oc3ccc4nc5ccccc5c4c23)c(-c2c3ccccc3oc3ccc4nc5ccccc5c4c23)c1. The van der Waals surface area contributed by atoms with Crippen molar-refractivity contribution in [2.45, 2.75) is 0 Å². The molecule has 0 aliphatic carbocycles. The molecule has 18 rings (SSSR count). The zero-order valence-corrected chi connectivity index (χ0v) is 43.8. The van der Waals surface area contributed by atoms with Gasteiger partial charge in [0.15, 0.2) is 0 Å². The second kappa shape index (κ2) is 17.2. The van der Waals surface area contributed by atoms with Crippen LogP contribution >= 0.6 is 0 Å². The molecule has 0 aliphatic heterocycles. The third kappa shape index (κ3) is 6.38. The molecule has 0 bridgehead atoms. The number of aromatic nitrogens is 3. The Kier molecular flexibility index (Phi) is 9.38. The summed E-state index contributed by atoms with van der Waals surface area (Å²) in [6.45, 7) is 0. The third-order valence-corrected chi connectivity index (χ3v) is 16.8. The van der Waals surface area contributed by atoms with Gasteiger partial charge in [0.25, 0.3) is 0 Å². The summed E-state index contributed by atoms with van der Waals surface area (Å²) >= 11 is 0. The van der Waals surface area contributed by atoms with E-state index in [-0.39, 0.29) is 0 Å². The number of hydrogen-bond acceptors (Lipinski definition) is 7. The molecule has 0 saturated heterocycles. The van der Waals surface area contributed by atoms with Crippen LogP contribution in [-0.4, -0.2) is 15.0 Å². The first kappa shape index (κ1) is 44.8. The van der Waals surface area contributed by atoms with Crippen LogP contribution in [0.3, 0.4) is 0 Å². The average Bonchev–Trinajstić information content (AvgIpc) is 4.17. The Morgan fingerprint density at radius 2 is 0.476 bits per heavy atom. The smallest absolute Gasteiger partial charge is 0.136 e. The van der Waals surface area contributed by atoms with Crippen LogP contribution in [-0.2, 0) is 0 Å². The van der Waals surface area contributed by atoms with Gasteiger partial charge in [0.2, 0.25) is 0 Å². The van der Waals surface area contributed by atoms with Crippen molar-refractivity contribution in [1.29, 1.82) is 0 Å². The third-order valence-electron chi connectivity index (χ3n) is 16.8. The van der Waals surface area contributed by atoms with Gasteiger partial charge in [0.05, 0.1) is 50.2 Å². The van der Waals surface area contributed by atoms with Crippen LogP contribution in [0.4, 0.5) is 17.1 Å². The van der Waals surface area contributed by atoms with E-state index in [9.17, 15) is 0 Å². The van der Waals surface area contributed by atoms with Crippen molar-refractivity contribution in [2.75, 3.05) is 4.90 Å². The Balaban J connectivity index is 1.03. The first-order valence-corrected chi connectivity index (χ1v) is 27.7. The first-order chi connectivity index (χ1) is 40.7. The minimum absolute atomic E-state index is 0.776. The summed E-state index contributed by atoms with van der Waals surface area (Å²) in [6.07, 6.45) is 0. The molecule has 7 heteroatoms. The Hall–Kier alpha value is -11.2. The number of anilines is 3. The van der Waals surface area contributed by atoms with Gasteiger partial charge in [-0.25, -0.2) is 15.0 Å². The fourth-order valence-corrected chi connectivity index (χ4v) is 13.5. The van der Waals surface area contributed by atoms with Crippen LogP contribution in [0, 0.1) is 0 Å². The number of benzene rings is 12. The molecule has 380 valence electrons. The van der Waals surface area contributed by atoms with Crippen molar-refractivity contribution in [3.05, 3.63) is 255 Å². The molecule has 18 aromatic rings. The largest absolute Gasteiger partial charge is 0.456 e. The Morgan fingerprint density at radius 3 is 0.805 bits per heavy atom. The van der Waals surface area contributed by atoms with Crippen molar-refractivity contribution in [2.24, 2.45) is 0 Å². The van der Waals surface area contributed by atoms with Gasteiger partial charge >= 0.3 is 0 Å². The predicted molar refractivity (Wildman–Crippen MR) is 338 cm³/mol. The number of fused-ring (bicyclic) bond motifs is 18. The number of hydrogen-bond donors (Lipinski definition) is 0. The second-order valence-corrected chi connectivity index (χ2v) is 21.2. The molecule has 0 aliphatic rings. The van der Waals surface area contributed by atoms with E-state index in [0.717, 1.165) is 182 Å². The lowest BCUT2D eigenvalue weighted by molar-refractivity contribution is 0.661. The van der Waals surface area contributed by atoms with Crippen LogP contribution in [0.15, 0.2) is 268 Å². The van der Waals surface area contributed by atoms with E-state index in [4.69, 9.17) is 28.2 Å². The Labute approximate surface area is 467 Å². The summed E-state index contributed by atoms with van der Waals surface area (Å²) < 4.78 is 20.9. The maximum Gasteiger partial charge on any atom is 0.136 e. The molecule has 7 nitrogen and oxygen atoms in total. The van der Waals surface area contributed by atoms with Crippen molar-refractivity contribution in [3.63, 3.8) is 0 Å². The van der Waals surface area contributed by atoms with E-state index in [0.29, 0.717) is 0 Å². The molecule has 0 amide bonds. The quantitative estimate of drug-likeness (QED) is 0.153. The topological polar surface area (TPSA) is 81.3 Å². The van der Waals surface area contributed by atoms with E-state index in [1.165, 1.54) is 0 Å². The van der Waals surface area contributed by atoms with Gasteiger partial charge in [0, 0.05) is 98.0 Å². The first-order valence-electron chi connectivity index (χ1n) is 27.7. The van der Waals surface area contributed by atoms with E-state index in [2.05, 4.69) is 260 Å². The van der Waals surface area contributed by atoms with Crippen LogP contribution in [0.2, 0.25) is 0 Å². The number of para-hydroxylation sites is 9. The lowest BCUT2D eigenvalue weighted by atomic mass is 9.89. The highest BCUT2D eigenvalue weighted by atomic mass is 16.3. The molecule has 12 aromatic carbocycles. The van der Waals surface area contributed by atoms with Gasteiger partial charge in [-0.05, 0) is 91.0 Å². The van der Waals surface area contributed by atoms with E-state index in [1.54, 1.807) is 0 Å². The summed E-state index contributed by atoms with van der Waals surface area (Å²) in [6, 6.07) is 89.8. The average molecular weight is 1050 g/mol. The second-order valence-electron chi connectivity index (χ2n) is 21.2. The molecule has 0 fully saturated rings. The summed E-state index contributed by atoms with van der Waals surface area (Å²) in [5.74, 6) is 0.